The molecule has 5 nitrogen and oxygen atoms in total. The molecule has 2 aromatic rings. The second kappa shape index (κ2) is 9.34. The first-order valence-electron chi connectivity index (χ1n) is 8.68. The highest BCUT2D eigenvalue weighted by Crippen LogP contribution is 2.39. The third-order valence-electron chi connectivity index (χ3n) is 3.99. The van der Waals surface area contributed by atoms with Crippen LogP contribution >= 0.6 is 35.3 Å². The molecule has 0 spiro atoms. The molecule has 1 aromatic heterocycles. The largest absolute Gasteiger partial charge is 0.462 e. The molecule has 0 bridgehead atoms. The number of esters is 1. The lowest BCUT2D eigenvalue weighted by molar-refractivity contribution is -0.117. The number of thiocarbonyl (C=S) groups is 1. The van der Waals surface area contributed by atoms with Crippen molar-refractivity contribution in [2.75, 3.05) is 17.7 Å². The van der Waals surface area contributed by atoms with Crippen molar-refractivity contribution in [3.63, 3.8) is 0 Å². The quantitative estimate of drug-likeness (QED) is 0.418. The van der Waals surface area contributed by atoms with E-state index in [1.165, 1.54) is 28.0 Å². The number of ether oxygens (including phenoxy) is 1. The van der Waals surface area contributed by atoms with Crippen molar-refractivity contribution in [2.24, 2.45) is 0 Å². The SMILES string of the molecule is CCOC(=O)c1c(NC(=S)NC(=O)CSc2ccccc2)sc2c1CCC2. The number of thioether (sulfide) groups is 1. The smallest absolute Gasteiger partial charge is 0.341 e. The van der Waals surface area contributed by atoms with Crippen LogP contribution in [0.3, 0.4) is 0 Å². The first kappa shape index (κ1) is 19.9. The average molecular weight is 421 g/mol. The van der Waals surface area contributed by atoms with E-state index in [2.05, 4.69) is 10.6 Å². The zero-order valence-electron chi connectivity index (χ0n) is 14.9. The van der Waals surface area contributed by atoms with Gasteiger partial charge in [0.25, 0.3) is 0 Å². The van der Waals surface area contributed by atoms with Crippen molar-refractivity contribution in [1.82, 2.24) is 5.32 Å². The Morgan fingerprint density at radius 1 is 1.26 bits per heavy atom. The van der Waals surface area contributed by atoms with Gasteiger partial charge in [-0.3, -0.25) is 4.79 Å². The van der Waals surface area contributed by atoms with E-state index in [4.69, 9.17) is 17.0 Å². The van der Waals surface area contributed by atoms with Gasteiger partial charge in [-0.15, -0.1) is 23.1 Å². The van der Waals surface area contributed by atoms with Crippen LogP contribution in [0.1, 0.15) is 34.1 Å². The molecule has 0 unspecified atom stereocenters. The van der Waals surface area contributed by atoms with Gasteiger partial charge < -0.3 is 15.4 Å². The van der Waals surface area contributed by atoms with Gasteiger partial charge in [0.2, 0.25) is 5.91 Å². The molecule has 27 heavy (non-hydrogen) atoms. The van der Waals surface area contributed by atoms with E-state index in [1.807, 2.05) is 30.3 Å². The number of rotatable bonds is 6. The lowest BCUT2D eigenvalue weighted by Gasteiger charge is -2.10. The lowest BCUT2D eigenvalue weighted by Crippen LogP contribution is -2.35. The third kappa shape index (κ3) is 5.09. The van der Waals surface area contributed by atoms with Gasteiger partial charge in [-0.1, -0.05) is 18.2 Å². The molecule has 2 N–H and O–H groups in total. The fourth-order valence-electron chi connectivity index (χ4n) is 2.87. The summed E-state index contributed by atoms with van der Waals surface area (Å²) in [5.74, 6) is -0.270. The minimum absolute atomic E-state index is 0.192. The maximum Gasteiger partial charge on any atom is 0.341 e. The number of hydrogen-bond acceptors (Lipinski definition) is 6. The Hall–Kier alpha value is -1.90. The minimum Gasteiger partial charge on any atom is -0.462 e. The molecule has 1 amide bonds. The van der Waals surface area contributed by atoms with Gasteiger partial charge >= 0.3 is 5.97 Å². The van der Waals surface area contributed by atoms with Crippen LogP contribution in [-0.4, -0.2) is 29.3 Å². The summed E-state index contributed by atoms with van der Waals surface area (Å²) in [6.07, 6.45) is 2.88. The Morgan fingerprint density at radius 2 is 2.04 bits per heavy atom. The molecule has 0 radical (unpaired) electrons. The van der Waals surface area contributed by atoms with Gasteiger partial charge in [0.15, 0.2) is 5.11 Å². The predicted molar refractivity (Wildman–Crippen MR) is 114 cm³/mol. The van der Waals surface area contributed by atoms with E-state index in [-0.39, 0.29) is 22.7 Å². The summed E-state index contributed by atoms with van der Waals surface area (Å²) < 4.78 is 5.20. The molecule has 1 heterocycles. The van der Waals surface area contributed by atoms with E-state index >= 15 is 0 Å². The number of carbonyl (C=O) groups is 2. The first-order chi connectivity index (χ1) is 13.1. The summed E-state index contributed by atoms with van der Waals surface area (Å²) in [7, 11) is 0. The maximum absolute atomic E-state index is 12.4. The Kier molecular flexibility index (Phi) is 6.87. The molecule has 0 aliphatic heterocycles. The molecular weight excluding hydrogens is 400 g/mol. The van der Waals surface area contributed by atoms with Crippen LogP contribution in [0.4, 0.5) is 5.00 Å². The fraction of sp³-hybridized carbons (Fsp3) is 0.316. The molecule has 1 aromatic carbocycles. The molecule has 1 aliphatic rings. The van der Waals surface area contributed by atoms with Gasteiger partial charge in [0.1, 0.15) is 5.00 Å². The zero-order valence-corrected chi connectivity index (χ0v) is 17.3. The number of benzene rings is 1. The molecule has 0 saturated carbocycles. The van der Waals surface area contributed by atoms with Crippen molar-refractivity contribution >= 4 is 57.3 Å². The van der Waals surface area contributed by atoms with Crippen molar-refractivity contribution in [3.8, 4) is 0 Å². The molecule has 142 valence electrons. The first-order valence-corrected chi connectivity index (χ1v) is 10.9. The van der Waals surface area contributed by atoms with Crippen LogP contribution in [0.5, 0.6) is 0 Å². The van der Waals surface area contributed by atoms with Gasteiger partial charge in [-0.05, 0) is 56.1 Å². The highest BCUT2D eigenvalue weighted by molar-refractivity contribution is 8.00. The number of amides is 1. The average Bonchev–Trinajstić information content (AvgIpc) is 3.21. The number of carbonyl (C=O) groups excluding carboxylic acids is 2. The van der Waals surface area contributed by atoms with Gasteiger partial charge in [-0.2, -0.15) is 0 Å². The van der Waals surface area contributed by atoms with E-state index in [9.17, 15) is 9.59 Å². The monoisotopic (exact) mass is 420 g/mol. The van der Waals surface area contributed by atoms with Crippen molar-refractivity contribution in [2.45, 2.75) is 31.1 Å². The Bertz CT molecular complexity index is 849. The topological polar surface area (TPSA) is 67.4 Å². The number of hydrogen-bond donors (Lipinski definition) is 2. The van der Waals surface area contributed by atoms with Crippen molar-refractivity contribution in [3.05, 3.63) is 46.3 Å². The Balaban J connectivity index is 1.60. The highest BCUT2D eigenvalue weighted by atomic mass is 32.2. The Labute approximate surface area is 171 Å². The number of aryl methyl sites for hydroxylation is 1. The summed E-state index contributed by atoms with van der Waals surface area (Å²) in [4.78, 5) is 26.7. The van der Waals surface area contributed by atoms with Crippen molar-refractivity contribution in [1.29, 1.82) is 0 Å². The maximum atomic E-state index is 12.4. The fourth-order valence-corrected chi connectivity index (χ4v) is 5.16. The Morgan fingerprint density at radius 3 is 2.78 bits per heavy atom. The summed E-state index contributed by atoms with van der Waals surface area (Å²) in [6.45, 7) is 2.10. The minimum atomic E-state index is -0.340. The second-order valence-corrected chi connectivity index (χ2v) is 8.45. The number of fused-ring (bicyclic) bond motifs is 1. The highest BCUT2D eigenvalue weighted by Gasteiger charge is 2.28. The molecule has 0 saturated heterocycles. The lowest BCUT2D eigenvalue weighted by atomic mass is 10.1. The van der Waals surface area contributed by atoms with Crippen LogP contribution in [0.2, 0.25) is 0 Å². The summed E-state index contributed by atoms with van der Waals surface area (Å²) >= 11 is 8.22. The molecule has 8 heteroatoms. The van der Waals surface area contributed by atoms with E-state index in [0.29, 0.717) is 17.2 Å². The molecule has 1 aliphatic carbocycles. The second-order valence-electron chi connectivity index (χ2n) is 5.89. The van der Waals surface area contributed by atoms with Crippen LogP contribution in [-0.2, 0) is 22.4 Å². The number of anilines is 1. The number of nitrogens with one attached hydrogen (secondary N) is 2. The van der Waals surface area contributed by atoms with Gasteiger partial charge in [-0.25, -0.2) is 4.79 Å². The summed E-state index contributed by atoms with van der Waals surface area (Å²) in [5.41, 5.74) is 1.61. The summed E-state index contributed by atoms with van der Waals surface area (Å²) in [6, 6.07) is 9.70. The van der Waals surface area contributed by atoms with Crippen molar-refractivity contribution < 1.29 is 14.3 Å². The van der Waals surface area contributed by atoms with Gasteiger partial charge in [0.05, 0.1) is 17.9 Å². The molecule has 0 fully saturated rings. The molecular formula is C19H20N2O3S3. The summed E-state index contributed by atoms with van der Waals surface area (Å²) in [5, 5.41) is 6.54. The molecule has 3 rings (SSSR count). The molecule has 0 atom stereocenters. The van der Waals surface area contributed by atoms with E-state index in [0.717, 1.165) is 29.7 Å². The standard InChI is InChI=1S/C19H20N2O3S3/c1-2-24-18(23)16-13-9-6-10-14(13)27-17(16)21-19(25)20-15(22)11-26-12-7-4-3-5-8-12/h3-5,7-8H,2,6,9-11H2,1H3,(H2,20,21,22,25). The number of thiophene rings is 1. The zero-order chi connectivity index (χ0) is 19.2. The van der Waals surface area contributed by atoms with Crippen LogP contribution in [0.15, 0.2) is 35.2 Å². The van der Waals surface area contributed by atoms with Crippen LogP contribution < -0.4 is 10.6 Å². The third-order valence-corrected chi connectivity index (χ3v) is 6.42. The van der Waals surface area contributed by atoms with E-state index < -0.39 is 0 Å². The van der Waals surface area contributed by atoms with Gasteiger partial charge in [0, 0.05) is 9.77 Å². The predicted octanol–water partition coefficient (Wildman–Crippen LogP) is 4.02. The van der Waals surface area contributed by atoms with Crippen LogP contribution in [0, 0.1) is 0 Å². The van der Waals surface area contributed by atoms with Crippen LogP contribution in [0.25, 0.3) is 0 Å². The van der Waals surface area contributed by atoms with E-state index in [1.54, 1.807) is 6.92 Å². The normalized spacial score (nSPS) is 12.3.